The molecule has 0 spiro atoms. The zero-order valence-electron chi connectivity index (χ0n) is 15.3. The van der Waals surface area contributed by atoms with Gasteiger partial charge in [0.25, 0.3) is 0 Å². The zero-order valence-corrected chi connectivity index (χ0v) is 18.5. The van der Waals surface area contributed by atoms with Gasteiger partial charge in [-0.25, -0.2) is 4.79 Å². The Morgan fingerprint density at radius 1 is 1.17 bits per heavy atom. The van der Waals surface area contributed by atoms with E-state index in [-0.39, 0.29) is 14.7 Å². The van der Waals surface area contributed by atoms with Gasteiger partial charge in [-0.2, -0.15) is 0 Å². The van der Waals surface area contributed by atoms with Gasteiger partial charge in [0, 0.05) is 18.0 Å². The number of likely N-dealkylation sites (tertiary alicyclic amines) is 1. The number of amides is 1. The first-order valence-corrected chi connectivity index (χ1v) is 10.9. The van der Waals surface area contributed by atoms with Crippen molar-refractivity contribution in [3.63, 3.8) is 0 Å². The van der Waals surface area contributed by atoms with Crippen LogP contribution < -0.4 is 0 Å². The number of fused-ring (bicyclic) bond motifs is 4. The third-order valence-corrected chi connectivity index (χ3v) is 10.0. The molecule has 1 amide bonds. The van der Waals surface area contributed by atoms with Gasteiger partial charge >= 0.3 is 6.09 Å². The topological polar surface area (TPSA) is 29.5 Å². The lowest BCUT2D eigenvalue weighted by Gasteiger charge is -2.56. The lowest BCUT2D eigenvalue weighted by atomic mass is 9.57. The SMILES string of the molecule is C[C@@H]1C[C@@H]2[C@H]3C[C@H](CN(C(=O)OC(C)(C)C)[C@H]3C1)[C@]1(C)[C@H]2C1(Br)Br. The maximum atomic E-state index is 12.9. The summed E-state index contributed by atoms with van der Waals surface area (Å²) in [6, 6.07) is 0.366. The first-order valence-electron chi connectivity index (χ1n) is 9.34. The molecular weight excluding hydrogens is 434 g/mol. The highest BCUT2D eigenvalue weighted by Gasteiger charge is 2.80. The predicted molar refractivity (Wildman–Crippen MR) is 102 cm³/mol. The third-order valence-electron chi connectivity index (χ3n) is 7.31. The number of rotatable bonds is 0. The summed E-state index contributed by atoms with van der Waals surface area (Å²) in [5.41, 5.74) is -0.180. The van der Waals surface area contributed by atoms with E-state index in [0.717, 1.165) is 13.0 Å². The van der Waals surface area contributed by atoms with E-state index in [1.54, 1.807) is 0 Å². The molecule has 2 bridgehead atoms. The van der Waals surface area contributed by atoms with Crippen molar-refractivity contribution in [3.05, 3.63) is 0 Å². The Hall–Kier alpha value is 0.230. The lowest BCUT2D eigenvalue weighted by Crippen LogP contribution is -2.60. The lowest BCUT2D eigenvalue weighted by molar-refractivity contribution is -0.0775. The molecule has 0 aromatic carbocycles. The van der Waals surface area contributed by atoms with E-state index in [1.165, 1.54) is 12.8 Å². The van der Waals surface area contributed by atoms with Crippen LogP contribution in [-0.2, 0) is 4.74 Å². The molecule has 24 heavy (non-hydrogen) atoms. The van der Waals surface area contributed by atoms with Crippen LogP contribution in [0.3, 0.4) is 0 Å². The molecule has 0 radical (unpaired) electrons. The normalized spacial score (nSPS) is 48.5. The fourth-order valence-electron chi connectivity index (χ4n) is 6.25. The summed E-state index contributed by atoms with van der Waals surface area (Å²) in [5.74, 6) is 3.28. The highest BCUT2D eigenvalue weighted by atomic mass is 79.9. The number of carbonyl (C=O) groups excluding carboxylic acids is 1. The summed E-state index contributed by atoms with van der Waals surface area (Å²) in [6.45, 7) is 11.5. The van der Waals surface area contributed by atoms with Gasteiger partial charge in [0.2, 0.25) is 0 Å². The van der Waals surface area contributed by atoms with Crippen LogP contribution in [0, 0.1) is 35.0 Å². The van der Waals surface area contributed by atoms with Crippen molar-refractivity contribution in [3.8, 4) is 0 Å². The Labute approximate surface area is 162 Å². The fraction of sp³-hybridized carbons (Fsp3) is 0.947. The smallest absolute Gasteiger partial charge is 0.410 e. The van der Waals surface area contributed by atoms with Crippen LogP contribution in [0.15, 0.2) is 0 Å². The van der Waals surface area contributed by atoms with E-state index in [2.05, 4.69) is 50.6 Å². The van der Waals surface area contributed by atoms with Crippen molar-refractivity contribution in [2.24, 2.45) is 35.0 Å². The van der Waals surface area contributed by atoms with Crippen molar-refractivity contribution in [2.75, 3.05) is 6.54 Å². The highest BCUT2D eigenvalue weighted by molar-refractivity contribution is 9.25. The van der Waals surface area contributed by atoms with E-state index in [1.807, 2.05) is 20.8 Å². The van der Waals surface area contributed by atoms with Crippen LogP contribution in [0.1, 0.15) is 53.9 Å². The molecule has 4 aliphatic rings. The summed E-state index contributed by atoms with van der Waals surface area (Å²) < 4.78 is 5.82. The fourth-order valence-corrected chi connectivity index (χ4v) is 8.79. The van der Waals surface area contributed by atoms with Crippen LogP contribution in [-0.4, -0.2) is 32.4 Å². The van der Waals surface area contributed by atoms with Crippen molar-refractivity contribution in [2.45, 2.75) is 68.8 Å². The molecule has 0 aromatic rings. The summed E-state index contributed by atoms with van der Waals surface area (Å²) in [4.78, 5) is 15.0. The second kappa shape index (κ2) is 5.15. The van der Waals surface area contributed by atoms with E-state index < -0.39 is 5.60 Å². The van der Waals surface area contributed by atoms with Crippen molar-refractivity contribution in [1.29, 1.82) is 0 Å². The maximum absolute atomic E-state index is 12.9. The van der Waals surface area contributed by atoms with E-state index in [4.69, 9.17) is 4.74 Å². The minimum absolute atomic E-state index is 0.0582. The minimum atomic E-state index is -0.427. The first kappa shape index (κ1) is 17.6. The molecule has 136 valence electrons. The van der Waals surface area contributed by atoms with Crippen LogP contribution in [0.2, 0.25) is 0 Å². The number of hydrogen-bond donors (Lipinski definition) is 0. The predicted octanol–water partition coefficient (Wildman–Crippen LogP) is 5.41. The van der Waals surface area contributed by atoms with Crippen LogP contribution in [0.4, 0.5) is 4.79 Å². The largest absolute Gasteiger partial charge is 0.444 e. The number of nitrogens with zero attached hydrogens (tertiary/aromatic N) is 1. The molecule has 0 unspecified atom stereocenters. The quantitative estimate of drug-likeness (QED) is 0.450. The molecule has 4 fully saturated rings. The third kappa shape index (κ3) is 2.28. The average molecular weight is 463 g/mol. The van der Waals surface area contributed by atoms with Gasteiger partial charge in [0.05, 0.1) is 3.23 Å². The molecule has 1 aliphatic heterocycles. The van der Waals surface area contributed by atoms with Crippen LogP contribution in [0.25, 0.3) is 0 Å². The van der Waals surface area contributed by atoms with Crippen LogP contribution >= 0.6 is 31.9 Å². The minimum Gasteiger partial charge on any atom is -0.444 e. The molecule has 0 N–H and O–H groups in total. The van der Waals surface area contributed by atoms with E-state index in [0.29, 0.717) is 35.6 Å². The number of hydrogen-bond acceptors (Lipinski definition) is 2. The Morgan fingerprint density at radius 2 is 1.83 bits per heavy atom. The van der Waals surface area contributed by atoms with Crippen LogP contribution in [0.5, 0.6) is 0 Å². The van der Waals surface area contributed by atoms with Gasteiger partial charge in [-0.15, -0.1) is 0 Å². The molecule has 3 aliphatic carbocycles. The monoisotopic (exact) mass is 461 g/mol. The Balaban J connectivity index is 1.67. The van der Waals surface area contributed by atoms with E-state index >= 15 is 0 Å². The van der Waals surface area contributed by atoms with Crippen molar-refractivity contribution >= 4 is 38.0 Å². The van der Waals surface area contributed by atoms with Crippen molar-refractivity contribution in [1.82, 2.24) is 4.90 Å². The zero-order chi connectivity index (χ0) is 17.7. The molecule has 1 heterocycles. The molecule has 7 atom stereocenters. The molecule has 0 aromatic heterocycles. The highest BCUT2D eigenvalue weighted by Crippen LogP contribution is 2.82. The Bertz CT molecular complexity index is 572. The second-order valence-electron chi connectivity index (χ2n) is 9.92. The van der Waals surface area contributed by atoms with Gasteiger partial charge in [-0.1, -0.05) is 45.7 Å². The molecule has 5 heteroatoms. The summed E-state index contributed by atoms with van der Waals surface area (Å²) >= 11 is 8.01. The Morgan fingerprint density at radius 3 is 2.46 bits per heavy atom. The number of carbonyl (C=O) groups is 1. The van der Waals surface area contributed by atoms with Gasteiger partial charge in [-0.05, 0) is 69.6 Å². The summed E-state index contributed by atoms with van der Waals surface area (Å²) in [6.07, 6.45) is 3.60. The number of piperidine rings is 1. The number of alkyl halides is 2. The summed E-state index contributed by atoms with van der Waals surface area (Å²) in [5, 5.41) is 0. The van der Waals surface area contributed by atoms with Gasteiger partial charge in [0.1, 0.15) is 5.60 Å². The molecule has 4 rings (SSSR count). The van der Waals surface area contributed by atoms with E-state index in [9.17, 15) is 4.79 Å². The van der Waals surface area contributed by atoms with Gasteiger partial charge in [-0.3, -0.25) is 0 Å². The molecule has 3 nitrogen and oxygen atoms in total. The average Bonchev–Trinajstić information content (AvgIpc) is 2.90. The first-order chi connectivity index (χ1) is 11.0. The molecular formula is C19H29Br2NO2. The molecule has 1 saturated heterocycles. The molecule has 3 saturated carbocycles. The van der Waals surface area contributed by atoms with Crippen molar-refractivity contribution < 1.29 is 9.53 Å². The van der Waals surface area contributed by atoms with Gasteiger partial charge in [0.15, 0.2) is 0 Å². The maximum Gasteiger partial charge on any atom is 0.410 e. The summed E-state index contributed by atoms with van der Waals surface area (Å²) in [7, 11) is 0. The van der Waals surface area contributed by atoms with Gasteiger partial charge < -0.3 is 9.64 Å². The number of ether oxygens (including phenoxy) is 1. The number of halogens is 2. The second-order valence-corrected chi connectivity index (χ2v) is 13.5. The standard InChI is InChI=1S/C19H29Br2NO2/c1-10-6-13-12-8-11(18(5)15(13)19(18,20)21)9-22(14(12)7-10)16(23)24-17(2,3)4/h10-15H,6-9H2,1-5H3/t10-,11-,12-,13-,14+,15+,18-/m1/s1. The Kier molecular flexibility index (Phi) is 3.78.